The zero-order valence-electron chi connectivity index (χ0n) is 17.5. The van der Waals surface area contributed by atoms with Crippen LogP contribution in [0.1, 0.15) is 18.4 Å². The van der Waals surface area contributed by atoms with E-state index in [0.717, 1.165) is 9.87 Å². The Morgan fingerprint density at radius 2 is 2.09 bits per heavy atom. The number of hydrogen-bond donors (Lipinski definition) is 2. The molecule has 0 aromatic heterocycles. The number of nitrogens with one attached hydrogen (secondary N) is 2. The SMILES string of the molecule is COc1ccc(C)cc1NC(=O)[C@@H]1CCCN1S(=O)(=O)c1cc2c(cc1Cl)NC(=O)CO2. The molecule has 0 unspecified atom stereocenters. The number of anilines is 2. The molecule has 2 aromatic rings. The van der Waals surface area contributed by atoms with Crippen molar-refractivity contribution < 1.29 is 27.5 Å². The van der Waals surface area contributed by atoms with Crippen LogP contribution in [-0.4, -0.2) is 50.8 Å². The van der Waals surface area contributed by atoms with Gasteiger partial charge in [0.2, 0.25) is 15.9 Å². The number of nitrogens with zero attached hydrogens (tertiary/aromatic N) is 1. The first kappa shape index (κ1) is 22.4. The van der Waals surface area contributed by atoms with Crippen molar-refractivity contribution in [3.05, 3.63) is 40.9 Å². The van der Waals surface area contributed by atoms with Gasteiger partial charge >= 0.3 is 0 Å². The molecule has 2 N–H and O–H groups in total. The van der Waals surface area contributed by atoms with E-state index in [2.05, 4.69) is 10.6 Å². The van der Waals surface area contributed by atoms with Gasteiger partial charge in [-0.3, -0.25) is 9.59 Å². The van der Waals surface area contributed by atoms with Crippen molar-refractivity contribution in [2.24, 2.45) is 0 Å². The van der Waals surface area contributed by atoms with Gasteiger partial charge in [-0.25, -0.2) is 8.42 Å². The highest BCUT2D eigenvalue weighted by molar-refractivity contribution is 7.89. The van der Waals surface area contributed by atoms with Gasteiger partial charge in [-0.1, -0.05) is 17.7 Å². The molecule has 0 radical (unpaired) electrons. The van der Waals surface area contributed by atoms with Crippen LogP contribution in [0, 0.1) is 6.92 Å². The Bertz CT molecular complexity index is 1200. The zero-order chi connectivity index (χ0) is 23.0. The third kappa shape index (κ3) is 4.13. The molecule has 9 nitrogen and oxygen atoms in total. The van der Waals surface area contributed by atoms with Crippen molar-refractivity contribution in [3.8, 4) is 11.5 Å². The third-order valence-corrected chi connectivity index (χ3v) is 7.75. The Morgan fingerprint density at radius 3 is 2.84 bits per heavy atom. The topological polar surface area (TPSA) is 114 Å². The van der Waals surface area contributed by atoms with E-state index in [4.69, 9.17) is 21.1 Å². The van der Waals surface area contributed by atoms with Crippen molar-refractivity contribution >= 4 is 44.8 Å². The summed E-state index contributed by atoms with van der Waals surface area (Å²) in [6.07, 6.45) is 0.895. The summed E-state index contributed by atoms with van der Waals surface area (Å²) >= 11 is 6.26. The molecule has 2 aromatic carbocycles. The quantitative estimate of drug-likeness (QED) is 0.681. The van der Waals surface area contributed by atoms with E-state index in [-0.39, 0.29) is 34.7 Å². The van der Waals surface area contributed by atoms with Crippen LogP contribution in [-0.2, 0) is 19.6 Å². The fourth-order valence-electron chi connectivity index (χ4n) is 3.83. The molecule has 4 rings (SSSR count). The molecular weight excluding hydrogens is 458 g/mol. The summed E-state index contributed by atoms with van der Waals surface area (Å²) in [4.78, 5) is 24.4. The number of rotatable bonds is 5. The molecule has 0 bridgehead atoms. The smallest absolute Gasteiger partial charge is 0.262 e. The maximum Gasteiger partial charge on any atom is 0.262 e. The molecular formula is C21H22ClN3O6S. The van der Waals surface area contributed by atoms with Crippen molar-refractivity contribution in [1.82, 2.24) is 4.31 Å². The molecule has 0 spiro atoms. The van der Waals surface area contributed by atoms with Gasteiger partial charge < -0.3 is 20.1 Å². The van der Waals surface area contributed by atoms with Crippen molar-refractivity contribution in [2.45, 2.75) is 30.7 Å². The minimum absolute atomic E-state index is 0.0686. The lowest BCUT2D eigenvalue weighted by molar-refractivity contribution is -0.119. The lowest BCUT2D eigenvalue weighted by Crippen LogP contribution is -2.43. The first-order chi connectivity index (χ1) is 15.2. The third-order valence-electron chi connectivity index (χ3n) is 5.37. The first-order valence-electron chi connectivity index (χ1n) is 9.94. The molecule has 1 atom stereocenters. The number of fused-ring (bicyclic) bond motifs is 1. The summed E-state index contributed by atoms with van der Waals surface area (Å²) in [6, 6.07) is 7.06. The number of amides is 2. The van der Waals surface area contributed by atoms with Crippen LogP contribution in [0.4, 0.5) is 11.4 Å². The summed E-state index contributed by atoms with van der Waals surface area (Å²) in [5.74, 6) is -0.120. The highest BCUT2D eigenvalue weighted by atomic mass is 35.5. The zero-order valence-corrected chi connectivity index (χ0v) is 19.0. The van der Waals surface area contributed by atoms with Gasteiger partial charge in [0.25, 0.3) is 5.91 Å². The van der Waals surface area contributed by atoms with Crippen LogP contribution in [0.5, 0.6) is 11.5 Å². The summed E-state index contributed by atoms with van der Waals surface area (Å²) in [7, 11) is -2.61. The lowest BCUT2D eigenvalue weighted by atomic mass is 10.1. The Kier molecular flexibility index (Phi) is 6.02. The average Bonchev–Trinajstić information content (AvgIpc) is 3.24. The fourth-order valence-corrected chi connectivity index (χ4v) is 6.01. The van der Waals surface area contributed by atoms with E-state index in [1.54, 1.807) is 12.1 Å². The standard InChI is InChI=1S/C21H22ClN3O6S/c1-12-5-6-17(30-2)14(8-12)24-21(27)16-4-3-7-25(16)32(28,29)19-10-18-15(9-13(19)22)23-20(26)11-31-18/h5-6,8-10,16H,3-4,7,11H2,1-2H3,(H,23,26)(H,24,27)/t16-/m0/s1. The number of hydrogen-bond acceptors (Lipinski definition) is 6. The van der Waals surface area contributed by atoms with E-state index < -0.39 is 22.0 Å². The van der Waals surface area contributed by atoms with Crippen LogP contribution in [0.2, 0.25) is 5.02 Å². The summed E-state index contributed by atoms with van der Waals surface area (Å²) < 4.78 is 38.7. The number of halogens is 1. The van der Waals surface area contributed by atoms with Crippen LogP contribution in [0.3, 0.4) is 0 Å². The number of sulfonamides is 1. The summed E-state index contributed by atoms with van der Waals surface area (Å²) in [5.41, 5.74) is 1.69. The van der Waals surface area contributed by atoms with Gasteiger partial charge in [-0.05, 0) is 43.5 Å². The Hall–Kier alpha value is -2.82. The largest absolute Gasteiger partial charge is 0.495 e. The fraction of sp³-hybridized carbons (Fsp3) is 0.333. The Morgan fingerprint density at radius 1 is 1.31 bits per heavy atom. The minimum Gasteiger partial charge on any atom is -0.495 e. The van der Waals surface area contributed by atoms with Crippen molar-refractivity contribution in [1.29, 1.82) is 0 Å². The molecule has 0 aliphatic carbocycles. The van der Waals surface area contributed by atoms with Gasteiger partial charge in [-0.2, -0.15) is 4.31 Å². The van der Waals surface area contributed by atoms with Crippen molar-refractivity contribution in [2.75, 3.05) is 30.9 Å². The van der Waals surface area contributed by atoms with Gasteiger partial charge in [-0.15, -0.1) is 0 Å². The molecule has 2 amide bonds. The highest BCUT2D eigenvalue weighted by Crippen LogP contribution is 2.38. The van der Waals surface area contributed by atoms with Crippen molar-refractivity contribution in [3.63, 3.8) is 0 Å². The number of methoxy groups -OCH3 is 1. The average molecular weight is 480 g/mol. The maximum atomic E-state index is 13.4. The van der Waals surface area contributed by atoms with E-state index in [1.807, 2.05) is 13.0 Å². The van der Waals surface area contributed by atoms with Crippen LogP contribution in [0.15, 0.2) is 35.2 Å². The number of benzene rings is 2. The molecule has 32 heavy (non-hydrogen) atoms. The second-order valence-electron chi connectivity index (χ2n) is 7.58. The monoisotopic (exact) mass is 479 g/mol. The summed E-state index contributed by atoms with van der Waals surface area (Å²) in [6.45, 7) is 1.83. The first-order valence-corrected chi connectivity index (χ1v) is 11.8. The number of ether oxygens (including phenoxy) is 2. The molecule has 0 saturated carbocycles. The van der Waals surface area contributed by atoms with Gasteiger partial charge in [0.15, 0.2) is 6.61 Å². The predicted octanol–water partition coefficient (Wildman–Crippen LogP) is 2.78. The molecule has 2 aliphatic rings. The lowest BCUT2D eigenvalue weighted by Gasteiger charge is -2.25. The molecule has 2 aliphatic heterocycles. The second-order valence-corrected chi connectivity index (χ2v) is 9.85. The maximum absolute atomic E-state index is 13.4. The van der Waals surface area contributed by atoms with E-state index >= 15 is 0 Å². The second kappa shape index (κ2) is 8.61. The minimum atomic E-state index is -4.11. The predicted molar refractivity (Wildman–Crippen MR) is 119 cm³/mol. The van der Waals surface area contributed by atoms with Gasteiger partial charge in [0, 0.05) is 12.6 Å². The van der Waals surface area contributed by atoms with Gasteiger partial charge in [0.1, 0.15) is 22.4 Å². The number of aryl methyl sites for hydroxylation is 1. The molecule has 170 valence electrons. The van der Waals surface area contributed by atoms with Crippen LogP contribution < -0.4 is 20.1 Å². The van der Waals surface area contributed by atoms with Crippen LogP contribution >= 0.6 is 11.6 Å². The van der Waals surface area contributed by atoms with E-state index in [1.165, 1.54) is 19.2 Å². The molecule has 1 saturated heterocycles. The number of carbonyl (C=O) groups is 2. The summed E-state index contributed by atoms with van der Waals surface area (Å²) in [5, 5.41) is 5.31. The van der Waals surface area contributed by atoms with E-state index in [9.17, 15) is 18.0 Å². The number of carbonyl (C=O) groups excluding carboxylic acids is 2. The van der Waals surface area contributed by atoms with Crippen LogP contribution in [0.25, 0.3) is 0 Å². The Labute approximate surface area is 190 Å². The van der Waals surface area contributed by atoms with Gasteiger partial charge in [0.05, 0.1) is 23.5 Å². The molecule has 2 heterocycles. The highest BCUT2D eigenvalue weighted by Gasteiger charge is 2.41. The molecule has 11 heteroatoms. The Balaban J connectivity index is 1.62. The molecule has 1 fully saturated rings. The van der Waals surface area contributed by atoms with E-state index in [0.29, 0.717) is 30.0 Å². The normalized spacial score (nSPS) is 18.5.